The summed E-state index contributed by atoms with van der Waals surface area (Å²) in [6, 6.07) is 78.1. The highest BCUT2D eigenvalue weighted by Gasteiger charge is 2.38. The van der Waals surface area contributed by atoms with Crippen molar-refractivity contribution in [3.8, 4) is 44.8 Å². The molecule has 0 saturated heterocycles. The summed E-state index contributed by atoms with van der Waals surface area (Å²) in [5.41, 5.74) is 20.4. The van der Waals surface area contributed by atoms with Crippen molar-refractivity contribution in [3.05, 3.63) is 229 Å². The van der Waals surface area contributed by atoms with Gasteiger partial charge in [-0.1, -0.05) is 161 Å². The Labute approximate surface area is 395 Å². The van der Waals surface area contributed by atoms with E-state index in [0.717, 1.165) is 0 Å². The van der Waals surface area contributed by atoms with Gasteiger partial charge in [-0.25, -0.2) is 0 Å². The van der Waals surface area contributed by atoms with Gasteiger partial charge >= 0.3 is 0 Å². The van der Waals surface area contributed by atoms with Crippen molar-refractivity contribution in [2.45, 2.75) is 38.5 Å². The molecular weight excluding hydrogens is 821 g/mol. The molecule has 320 valence electrons. The second-order valence-electron chi connectivity index (χ2n) is 20.5. The lowest BCUT2D eigenvalue weighted by Gasteiger charge is -2.21. The maximum atomic E-state index is 2.54. The van der Waals surface area contributed by atoms with Crippen LogP contribution >= 0.6 is 0 Å². The van der Waals surface area contributed by atoms with Gasteiger partial charge in [0.05, 0.1) is 22.1 Å². The Bertz CT molecular complexity index is 4330. The summed E-state index contributed by atoms with van der Waals surface area (Å²) < 4.78 is 5.01. The molecule has 0 saturated carbocycles. The van der Waals surface area contributed by atoms with E-state index in [1.54, 1.807) is 0 Å². The third-order valence-electron chi connectivity index (χ3n) is 16.3. The summed E-state index contributed by atoms with van der Waals surface area (Å²) in [6.45, 7) is 9.53. The molecule has 15 rings (SSSR count). The molecule has 2 nitrogen and oxygen atoms in total. The molecule has 13 aromatic rings. The van der Waals surface area contributed by atoms with Crippen LogP contribution in [0.1, 0.15) is 49.9 Å². The van der Waals surface area contributed by atoms with Crippen LogP contribution in [-0.2, 0) is 10.8 Å². The number of nitrogens with zero attached hydrogens (tertiary/aromatic N) is 2. The van der Waals surface area contributed by atoms with Crippen LogP contribution in [0.15, 0.2) is 206 Å². The van der Waals surface area contributed by atoms with E-state index >= 15 is 0 Å². The van der Waals surface area contributed by atoms with Crippen molar-refractivity contribution in [2.75, 3.05) is 0 Å². The summed E-state index contributed by atoms with van der Waals surface area (Å²) >= 11 is 0. The summed E-state index contributed by atoms with van der Waals surface area (Å²) in [6.07, 6.45) is 0. The van der Waals surface area contributed by atoms with Crippen LogP contribution in [-0.4, -0.2) is 9.13 Å². The average molecular weight is 867 g/mol. The van der Waals surface area contributed by atoms with Crippen molar-refractivity contribution in [2.24, 2.45) is 0 Å². The molecule has 0 radical (unpaired) electrons. The number of benzene rings is 11. The van der Waals surface area contributed by atoms with E-state index in [0.29, 0.717) is 0 Å². The van der Waals surface area contributed by atoms with Crippen molar-refractivity contribution < 1.29 is 0 Å². The third kappa shape index (κ3) is 4.91. The third-order valence-corrected chi connectivity index (χ3v) is 16.3. The van der Waals surface area contributed by atoms with Gasteiger partial charge in [0.2, 0.25) is 0 Å². The van der Waals surface area contributed by atoms with Gasteiger partial charge in [0, 0.05) is 43.7 Å². The Kier molecular flexibility index (Phi) is 7.39. The molecule has 2 aromatic heterocycles. The molecular formula is C66H46N2. The molecule has 0 N–H and O–H groups in total. The second kappa shape index (κ2) is 13.2. The molecule has 0 amide bonds. The highest BCUT2D eigenvalue weighted by Crippen LogP contribution is 2.53. The van der Waals surface area contributed by atoms with Crippen LogP contribution in [0.3, 0.4) is 0 Å². The average Bonchev–Trinajstić information content (AvgIpc) is 4.03. The van der Waals surface area contributed by atoms with Crippen LogP contribution in [0.25, 0.3) is 121 Å². The summed E-state index contributed by atoms with van der Waals surface area (Å²) in [5, 5.41) is 12.8. The monoisotopic (exact) mass is 866 g/mol. The number of para-hydroxylation sites is 1. The largest absolute Gasteiger partial charge is 0.309 e. The van der Waals surface area contributed by atoms with Gasteiger partial charge in [0.15, 0.2) is 0 Å². The van der Waals surface area contributed by atoms with Crippen LogP contribution in [0.5, 0.6) is 0 Å². The van der Waals surface area contributed by atoms with E-state index in [4.69, 9.17) is 0 Å². The van der Waals surface area contributed by atoms with Gasteiger partial charge in [-0.05, 0) is 161 Å². The Morgan fingerprint density at radius 2 is 0.662 bits per heavy atom. The van der Waals surface area contributed by atoms with Gasteiger partial charge in [-0.2, -0.15) is 0 Å². The lowest BCUT2D eigenvalue weighted by atomic mass is 9.82. The summed E-state index contributed by atoms with van der Waals surface area (Å²) in [7, 11) is 0. The van der Waals surface area contributed by atoms with Crippen LogP contribution in [0, 0.1) is 0 Å². The highest BCUT2D eigenvalue weighted by atomic mass is 15.0. The Hall–Kier alpha value is -8.20. The van der Waals surface area contributed by atoms with Gasteiger partial charge < -0.3 is 9.13 Å². The minimum Gasteiger partial charge on any atom is -0.309 e. The zero-order chi connectivity index (χ0) is 45.2. The fraction of sp³-hybridized carbons (Fsp3) is 0.0909. The van der Waals surface area contributed by atoms with E-state index in [2.05, 4.69) is 243 Å². The number of hydrogen-bond donors (Lipinski definition) is 0. The molecule has 68 heavy (non-hydrogen) atoms. The second-order valence-corrected chi connectivity index (χ2v) is 20.5. The lowest BCUT2D eigenvalue weighted by molar-refractivity contribution is 0.661. The molecule has 2 heterocycles. The predicted octanol–water partition coefficient (Wildman–Crippen LogP) is 17.6. The zero-order valence-electron chi connectivity index (χ0n) is 38.5. The van der Waals surface area contributed by atoms with Crippen molar-refractivity contribution in [3.63, 3.8) is 0 Å². The Morgan fingerprint density at radius 1 is 0.250 bits per heavy atom. The maximum Gasteiger partial charge on any atom is 0.0544 e. The van der Waals surface area contributed by atoms with Gasteiger partial charge in [-0.15, -0.1) is 0 Å². The Balaban J connectivity index is 0.988. The smallest absolute Gasteiger partial charge is 0.0544 e. The number of rotatable bonds is 3. The molecule has 11 aromatic carbocycles. The predicted molar refractivity (Wildman–Crippen MR) is 288 cm³/mol. The summed E-state index contributed by atoms with van der Waals surface area (Å²) in [5.74, 6) is 0. The van der Waals surface area contributed by atoms with Crippen molar-refractivity contribution in [1.82, 2.24) is 9.13 Å². The highest BCUT2D eigenvalue weighted by molar-refractivity contribution is 6.26. The molecule has 2 aliphatic rings. The van der Waals surface area contributed by atoms with Gasteiger partial charge in [0.1, 0.15) is 0 Å². The van der Waals surface area contributed by atoms with Gasteiger partial charge in [-0.3, -0.25) is 0 Å². The molecule has 0 aliphatic heterocycles. The topological polar surface area (TPSA) is 9.86 Å². The zero-order valence-corrected chi connectivity index (χ0v) is 38.5. The van der Waals surface area contributed by atoms with E-state index in [1.165, 1.54) is 143 Å². The standard InChI is InChI=1S/C66H46N2/c1-65(2)57-24-14-12-22-48(57)51-35-55-53-32-39(26-30-61(53)67(63(55)37-59(51)65)41-16-6-5-7-17-41)40-27-31-62-54(33-40)56-36-52-49-23-13-15-25-58(49)66(3,4)60(52)38-64(56)68(62)42-28-29-47-45-20-9-8-18-43(45)44-19-10-11-21-46(44)50(47)34-42/h5-38H,1-4H3. The maximum absolute atomic E-state index is 2.54. The molecule has 0 atom stereocenters. The SMILES string of the molecule is CC1(C)c2ccccc2-c2cc3c4cc(-c5ccc6c(c5)c5cc7c(cc5n6-c5ccc6c8ccccc8c8ccccc8c6c5)C(C)(C)c5ccccc5-7)ccc4n(-c4ccccc4)c3cc21. The van der Waals surface area contributed by atoms with E-state index in [9.17, 15) is 0 Å². The van der Waals surface area contributed by atoms with Crippen LogP contribution in [0.2, 0.25) is 0 Å². The molecule has 0 spiro atoms. The molecule has 0 unspecified atom stereocenters. The van der Waals surface area contributed by atoms with E-state index in [-0.39, 0.29) is 10.8 Å². The van der Waals surface area contributed by atoms with E-state index < -0.39 is 0 Å². The van der Waals surface area contributed by atoms with Crippen molar-refractivity contribution in [1.29, 1.82) is 0 Å². The quantitative estimate of drug-likeness (QED) is 0.157. The minimum absolute atomic E-state index is 0.0925. The molecule has 2 aliphatic carbocycles. The summed E-state index contributed by atoms with van der Waals surface area (Å²) in [4.78, 5) is 0. The fourth-order valence-corrected chi connectivity index (χ4v) is 13.0. The molecule has 0 bridgehead atoms. The normalized spacial score (nSPS) is 14.4. The first-order valence-corrected chi connectivity index (χ1v) is 24.1. The minimum atomic E-state index is -0.128. The Morgan fingerprint density at radius 3 is 1.18 bits per heavy atom. The lowest BCUT2D eigenvalue weighted by Crippen LogP contribution is -2.14. The first-order chi connectivity index (χ1) is 33.2. The van der Waals surface area contributed by atoms with E-state index in [1.807, 2.05) is 0 Å². The fourth-order valence-electron chi connectivity index (χ4n) is 13.0. The number of fused-ring (bicyclic) bond motifs is 18. The van der Waals surface area contributed by atoms with Gasteiger partial charge in [0.25, 0.3) is 0 Å². The number of aromatic nitrogens is 2. The van der Waals surface area contributed by atoms with Crippen LogP contribution in [0.4, 0.5) is 0 Å². The number of hydrogen-bond acceptors (Lipinski definition) is 0. The van der Waals surface area contributed by atoms with Crippen LogP contribution < -0.4 is 0 Å². The first kappa shape index (κ1) is 38.0. The van der Waals surface area contributed by atoms with Crippen molar-refractivity contribution >= 4 is 75.9 Å². The molecule has 2 heteroatoms. The molecule has 0 fully saturated rings. The first-order valence-electron chi connectivity index (χ1n) is 24.1.